The van der Waals surface area contributed by atoms with Gasteiger partial charge in [0.25, 0.3) is 0 Å². The van der Waals surface area contributed by atoms with E-state index in [0.29, 0.717) is 0 Å². The number of carbonyl (C=O) groups excluding carboxylic acids is 2. The summed E-state index contributed by atoms with van der Waals surface area (Å²) in [7, 11) is 3.32. The predicted molar refractivity (Wildman–Crippen MR) is 90.0 cm³/mol. The van der Waals surface area contributed by atoms with E-state index in [4.69, 9.17) is 10.5 Å². The quantitative estimate of drug-likeness (QED) is 0.793. The molecular weight excluding hydrogens is 294 g/mol. The topological polar surface area (TPSA) is 84.7 Å². The first-order chi connectivity index (χ1) is 10.8. The number of nitrogens with two attached hydrogens (primary N) is 1. The molecule has 0 saturated carbocycles. The summed E-state index contributed by atoms with van der Waals surface area (Å²) in [6, 6.07) is 6.83. The predicted octanol–water partition coefficient (Wildman–Crippen LogP) is 1.31. The molecule has 1 aromatic rings. The number of methoxy groups -OCH3 is 1. The lowest BCUT2D eigenvalue weighted by Gasteiger charge is -2.26. The number of benzene rings is 1. The molecule has 0 saturated heterocycles. The lowest BCUT2D eigenvalue weighted by Crippen LogP contribution is -2.47. The smallest absolute Gasteiger partial charge is 0.242 e. The van der Waals surface area contributed by atoms with Gasteiger partial charge in [-0.05, 0) is 30.5 Å². The van der Waals surface area contributed by atoms with Gasteiger partial charge in [-0.1, -0.05) is 26.0 Å². The van der Waals surface area contributed by atoms with Crippen LogP contribution in [0, 0.1) is 5.92 Å². The summed E-state index contributed by atoms with van der Waals surface area (Å²) in [5.41, 5.74) is 6.74. The van der Waals surface area contributed by atoms with E-state index in [2.05, 4.69) is 5.32 Å². The van der Waals surface area contributed by atoms with E-state index in [9.17, 15) is 9.59 Å². The third-order valence-electron chi connectivity index (χ3n) is 4.01. The fourth-order valence-corrected chi connectivity index (χ4v) is 2.03. The number of rotatable bonds is 7. The molecule has 1 aromatic carbocycles. The number of hydrogen-bond acceptors (Lipinski definition) is 4. The highest BCUT2D eigenvalue weighted by atomic mass is 16.5. The van der Waals surface area contributed by atoms with Crippen molar-refractivity contribution in [2.45, 2.75) is 32.9 Å². The maximum atomic E-state index is 12.2. The molecule has 0 radical (unpaired) electrons. The van der Waals surface area contributed by atoms with Gasteiger partial charge < -0.3 is 20.7 Å². The molecule has 1 unspecified atom stereocenters. The number of carbonyl (C=O) groups is 2. The molecule has 0 aliphatic rings. The van der Waals surface area contributed by atoms with Crippen LogP contribution in [0.5, 0.6) is 5.75 Å². The maximum absolute atomic E-state index is 12.2. The monoisotopic (exact) mass is 321 g/mol. The first-order valence-electron chi connectivity index (χ1n) is 7.70. The molecule has 2 amide bonds. The van der Waals surface area contributed by atoms with Crippen LogP contribution in [0.25, 0.3) is 0 Å². The number of likely N-dealkylation sites (N-methyl/N-ethyl adjacent to an activating group) is 1. The Morgan fingerprint density at radius 2 is 1.78 bits per heavy atom. The van der Waals surface area contributed by atoms with Crippen LogP contribution in [0.2, 0.25) is 0 Å². The highest BCUT2D eigenvalue weighted by molar-refractivity contribution is 5.87. The second-order valence-corrected chi connectivity index (χ2v) is 5.94. The molecule has 2 atom stereocenters. The molecule has 3 N–H and O–H groups in total. The van der Waals surface area contributed by atoms with Crippen molar-refractivity contribution in [3.63, 3.8) is 0 Å². The minimum atomic E-state index is -0.605. The van der Waals surface area contributed by atoms with Gasteiger partial charge in [-0.15, -0.1) is 0 Å². The molecule has 6 heteroatoms. The average molecular weight is 321 g/mol. The third-order valence-corrected chi connectivity index (χ3v) is 4.01. The van der Waals surface area contributed by atoms with Gasteiger partial charge in [0.2, 0.25) is 11.8 Å². The summed E-state index contributed by atoms with van der Waals surface area (Å²) in [4.78, 5) is 25.6. The minimum absolute atomic E-state index is 0.0288. The molecule has 1 rings (SSSR count). The lowest BCUT2D eigenvalue weighted by molar-refractivity contribution is -0.133. The van der Waals surface area contributed by atoms with E-state index < -0.39 is 6.04 Å². The third kappa shape index (κ3) is 5.25. The van der Waals surface area contributed by atoms with Crippen molar-refractivity contribution in [2.24, 2.45) is 11.7 Å². The van der Waals surface area contributed by atoms with Crippen LogP contribution in [0.3, 0.4) is 0 Å². The molecule has 0 aliphatic heterocycles. The van der Waals surface area contributed by atoms with E-state index in [1.54, 1.807) is 19.1 Å². The van der Waals surface area contributed by atoms with Gasteiger partial charge in [0, 0.05) is 7.05 Å². The van der Waals surface area contributed by atoms with Crippen molar-refractivity contribution in [3.05, 3.63) is 29.8 Å². The SMILES string of the molecule is COc1ccc(C(C)N(C)C(=O)CNC(=O)[C@@H](N)C(C)C)cc1. The molecule has 6 nitrogen and oxygen atoms in total. The average Bonchev–Trinajstić information content (AvgIpc) is 2.57. The van der Waals surface area contributed by atoms with Gasteiger partial charge in [0.05, 0.1) is 25.7 Å². The van der Waals surface area contributed by atoms with Crippen molar-refractivity contribution in [1.82, 2.24) is 10.2 Å². The zero-order valence-corrected chi connectivity index (χ0v) is 14.5. The summed E-state index contributed by atoms with van der Waals surface area (Å²) in [6.45, 7) is 5.60. The highest BCUT2D eigenvalue weighted by Gasteiger charge is 2.21. The Balaban J connectivity index is 2.59. The molecule has 0 aromatic heterocycles. The molecule has 0 spiro atoms. The van der Waals surface area contributed by atoms with Crippen molar-refractivity contribution in [3.8, 4) is 5.75 Å². The Bertz CT molecular complexity index is 528. The molecule has 0 heterocycles. The number of ether oxygens (including phenoxy) is 1. The Kier molecular flexibility index (Phi) is 7.03. The van der Waals surface area contributed by atoms with Crippen LogP contribution >= 0.6 is 0 Å². The summed E-state index contributed by atoms with van der Waals surface area (Å²) in [5.74, 6) is 0.322. The van der Waals surface area contributed by atoms with E-state index in [0.717, 1.165) is 11.3 Å². The van der Waals surface area contributed by atoms with Gasteiger partial charge in [-0.3, -0.25) is 9.59 Å². The number of amides is 2. The maximum Gasteiger partial charge on any atom is 0.242 e. The zero-order valence-electron chi connectivity index (χ0n) is 14.5. The molecule has 0 fully saturated rings. The number of nitrogens with zero attached hydrogens (tertiary/aromatic N) is 1. The fraction of sp³-hybridized carbons (Fsp3) is 0.529. The van der Waals surface area contributed by atoms with Crippen molar-refractivity contribution in [2.75, 3.05) is 20.7 Å². The Morgan fingerprint density at radius 1 is 1.22 bits per heavy atom. The Morgan fingerprint density at radius 3 is 2.26 bits per heavy atom. The lowest BCUT2D eigenvalue weighted by atomic mass is 10.1. The van der Waals surface area contributed by atoms with Gasteiger partial charge >= 0.3 is 0 Å². The standard InChI is InChI=1S/C17H27N3O3/c1-11(2)16(18)17(22)19-10-15(21)20(4)12(3)13-6-8-14(23-5)9-7-13/h6-9,11-12,16H,10,18H2,1-5H3,(H,19,22)/t12?,16-/m0/s1. The van der Waals surface area contributed by atoms with Gasteiger partial charge in [-0.2, -0.15) is 0 Å². The van der Waals surface area contributed by atoms with Crippen LogP contribution in [-0.2, 0) is 9.59 Å². The van der Waals surface area contributed by atoms with E-state index in [1.165, 1.54) is 0 Å². The largest absolute Gasteiger partial charge is 0.497 e. The second-order valence-electron chi connectivity index (χ2n) is 5.94. The van der Waals surface area contributed by atoms with Gasteiger partial charge in [0.15, 0.2) is 0 Å². The first kappa shape index (κ1) is 19.0. The molecule has 128 valence electrons. The first-order valence-corrected chi connectivity index (χ1v) is 7.70. The number of nitrogens with one attached hydrogen (secondary N) is 1. The summed E-state index contributed by atoms with van der Waals surface area (Å²) in [5, 5.41) is 2.59. The van der Waals surface area contributed by atoms with Crippen LogP contribution in [-0.4, -0.2) is 43.5 Å². The van der Waals surface area contributed by atoms with E-state index >= 15 is 0 Å². The zero-order chi connectivity index (χ0) is 17.6. The summed E-state index contributed by atoms with van der Waals surface area (Å²) in [6.07, 6.45) is 0. The Labute approximate surface area is 138 Å². The van der Waals surface area contributed by atoms with Crippen LogP contribution in [0.1, 0.15) is 32.4 Å². The van der Waals surface area contributed by atoms with E-state index in [1.807, 2.05) is 45.0 Å². The van der Waals surface area contributed by atoms with Crippen molar-refractivity contribution >= 4 is 11.8 Å². The fourth-order valence-electron chi connectivity index (χ4n) is 2.03. The second kappa shape index (κ2) is 8.53. The Hall–Kier alpha value is -2.08. The van der Waals surface area contributed by atoms with Crippen LogP contribution in [0.4, 0.5) is 0 Å². The van der Waals surface area contributed by atoms with Crippen LogP contribution < -0.4 is 15.8 Å². The number of hydrogen-bond donors (Lipinski definition) is 2. The van der Waals surface area contributed by atoms with E-state index in [-0.39, 0.29) is 30.3 Å². The summed E-state index contributed by atoms with van der Waals surface area (Å²) >= 11 is 0. The molecule has 0 bridgehead atoms. The molecule has 0 aliphatic carbocycles. The van der Waals surface area contributed by atoms with Crippen LogP contribution in [0.15, 0.2) is 24.3 Å². The molecular formula is C17H27N3O3. The normalized spacial score (nSPS) is 13.3. The van der Waals surface area contributed by atoms with Crippen molar-refractivity contribution < 1.29 is 14.3 Å². The van der Waals surface area contributed by atoms with Gasteiger partial charge in [-0.25, -0.2) is 0 Å². The molecule has 23 heavy (non-hydrogen) atoms. The highest BCUT2D eigenvalue weighted by Crippen LogP contribution is 2.21. The minimum Gasteiger partial charge on any atom is -0.497 e. The van der Waals surface area contributed by atoms with Gasteiger partial charge in [0.1, 0.15) is 5.75 Å². The summed E-state index contributed by atoms with van der Waals surface area (Å²) < 4.78 is 5.12. The van der Waals surface area contributed by atoms with Crippen molar-refractivity contribution in [1.29, 1.82) is 0 Å².